The number of methoxy groups -OCH3 is 1. The van der Waals surface area contributed by atoms with E-state index in [4.69, 9.17) is 4.74 Å². The Bertz CT molecular complexity index is 1350. The predicted molar refractivity (Wildman–Crippen MR) is 125 cm³/mol. The Hall–Kier alpha value is -3.87. The molecule has 0 aliphatic rings. The summed E-state index contributed by atoms with van der Waals surface area (Å²) in [5, 5.41) is 7.47. The smallest absolute Gasteiger partial charge is 0.277 e. The van der Waals surface area contributed by atoms with Gasteiger partial charge in [0.1, 0.15) is 11.4 Å². The van der Waals surface area contributed by atoms with Gasteiger partial charge in [0.15, 0.2) is 0 Å². The van der Waals surface area contributed by atoms with E-state index in [1.54, 1.807) is 7.11 Å². The maximum atomic E-state index is 13.2. The van der Waals surface area contributed by atoms with Gasteiger partial charge in [-0.05, 0) is 56.2 Å². The first kappa shape index (κ1) is 21.4. The number of anilines is 1. The number of benzene rings is 2. The van der Waals surface area contributed by atoms with Crippen molar-refractivity contribution >= 4 is 17.2 Å². The second-order valence-corrected chi connectivity index (χ2v) is 7.82. The molecule has 0 radical (unpaired) electrons. The van der Waals surface area contributed by atoms with Gasteiger partial charge in [-0.2, -0.15) is 9.61 Å². The van der Waals surface area contributed by atoms with E-state index in [2.05, 4.69) is 10.4 Å². The first-order valence-electron chi connectivity index (χ1n) is 10.5. The average molecular weight is 431 g/mol. The van der Waals surface area contributed by atoms with E-state index >= 15 is 0 Å². The number of nitrogens with one attached hydrogen (secondary N) is 1. The van der Waals surface area contributed by atoms with Crippen molar-refractivity contribution in [2.24, 2.45) is 7.05 Å². The largest absolute Gasteiger partial charge is 0.497 e. The lowest BCUT2D eigenvalue weighted by molar-refractivity contribution is -0.116. The molecule has 2 aromatic carbocycles. The molecule has 7 nitrogen and oxygen atoms in total. The molecule has 0 aliphatic heterocycles. The van der Waals surface area contributed by atoms with Crippen molar-refractivity contribution in [1.82, 2.24) is 14.2 Å². The predicted octanol–water partition coefficient (Wildman–Crippen LogP) is 3.90. The zero-order valence-corrected chi connectivity index (χ0v) is 18.7. The van der Waals surface area contributed by atoms with Crippen LogP contribution in [-0.2, 0) is 18.3 Å². The van der Waals surface area contributed by atoms with Crippen LogP contribution in [0.15, 0.2) is 59.4 Å². The number of ether oxygens (including phenoxy) is 1. The monoisotopic (exact) mass is 430 g/mol. The number of aromatic nitrogens is 3. The minimum atomic E-state index is -0.195. The minimum absolute atomic E-state index is 0.125. The average Bonchev–Trinajstić information content (AvgIpc) is 3.25. The van der Waals surface area contributed by atoms with Crippen molar-refractivity contribution in [3.63, 3.8) is 0 Å². The molecule has 2 aromatic heterocycles. The number of para-hydroxylation sites is 1. The molecule has 7 heteroatoms. The van der Waals surface area contributed by atoms with Gasteiger partial charge in [-0.3, -0.25) is 9.59 Å². The van der Waals surface area contributed by atoms with E-state index in [0.717, 1.165) is 28.3 Å². The summed E-state index contributed by atoms with van der Waals surface area (Å²) >= 11 is 0. The van der Waals surface area contributed by atoms with Gasteiger partial charge >= 0.3 is 0 Å². The van der Waals surface area contributed by atoms with Crippen molar-refractivity contribution in [2.75, 3.05) is 12.4 Å². The fourth-order valence-electron chi connectivity index (χ4n) is 3.77. The SMILES string of the molecule is COc1ccc(-c2cc3n(C)c(C)c(CCC(=O)Nc4ccccc4C)c(=O)n3n2)cc1. The van der Waals surface area contributed by atoms with Gasteiger partial charge in [0.25, 0.3) is 5.56 Å². The second-order valence-electron chi connectivity index (χ2n) is 7.82. The summed E-state index contributed by atoms with van der Waals surface area (Å²) in [6.45, 7) is 3.84. The molecule has 0 spiro atoms. The molecule has 4 rings (SSSR count). The fraction of sp³-hybridized carbons (Fsp3) is 0.240. The third kappa shape index (κ3) is 4.01. The van der Waals surface area contributed by atoms with Gasteiger partial charge in [0, 0.05) is 42.0 Å². The molecule has 4 aromatic rings. The topological polar surface area (TPSA) is 77.6 Å². The third-order valence-corrected chi connectivity index (χ3v) is 5.83. The molecular weight excluding hydrogens is 404 g/mol. The highest BCUT2D eigenvalue weighted by Crippen LogP contribution is 2.23. The quantitative estimate of drug-likeness (QED) is 0.503. The number of aryl methyl sites for hydroxylation is 2. The zero-order valence-electron chi connectivity index (χ0n) is 18.7. The summed E-state index contributed by atoms with van der Waals surface area (Å²) in [5.41, 5.74) is 5.30. The molecule has 2 heterocycles. The number of nitrogens with zero attached hydrogens (tertiary/aromatic N) is 3. The van der Waals surface area contributed by atoms with E-state index in [1.165, 1.54) is 4.52 Å². The van der Waals surface area contributed by atoms with Crippen LogP contribution in [0.1, 0.15) is 23.2 Å². The van der Waals surface area contributed by atoms with Crippen LogP contribution >= 0.6 is 0 Å². The summed E-state index contributed by atoms with van der Waals surface area (Å²) in [6.07, 6.45) is 0.548. The van der Waals surface area contributed by atoms with Crippen LogP contribution in [0, 0.1) is 13.8 Å². The minimum Gasteiger partial charge on any atom is -0.497 e. The molecule has 32 heavy (non-hydrogen) atoms. The molecular formula is C25H26N4O3. The van der Waals surface area contributed by atoms with Crippen molar-refractivity contribution in [3.8, 4) is 17.0 Å². The highest BCUT2D eigenvalue weighted by Gasteiger charge is 2.17. The van der Waals surface area contributed by atoms with Crippen molar-refractivity contribution < 1.29 is 9.53 Å². The lowest BCUT2D eigenvalue weighted by Gasteiger charge is -2.12. The number of hydrogen-bond acceptors (Lipinski definition) is 4. The number of rotatable bonds is 6. The number of amides is 1. The number of carbonyl (C=O) groups is 1. The third-order valence-electron chi connectivity index (χ3n) is 5.83. The summed E-state index contributed by atoms with van der Waals surface area (Å²) in [4.78, 5) is 25.7. The first-order valence-corrected chi connectivity index (χ1v) is 10.5. The highest BCUT2D eigenvalue weighted by molar-refractivity contribution is 5.91. The van der Waals surface area contributed by atoms with E-state index in [1.807, 2.05) is 80.1 Å². The zero-order chi connectivity index (χ0) is 22.8. The van der Waals surface area contributed by atoms with Crippen LogP contribution in [0.4, 0.5) is 5.69 Å². The van der Waals surface area contributed by atoms with Crippen molar-refractivity contribution in [2.45, 2.75) is 26.7 Å². The molecule has 0 fully saturated rings. The standard InChI is InChI=1S/C25H26N4O3/c1-16-7-5-6-8-21(16)26-23(30)14-13-20-17(2)28(3)24-15-22(27-29(24)25(20)31)18-9-11-19(32-4)12-10-18/h5-12,15H,13-14H2,1-4H3,(H,26,30). The van der Waals surface area contributed by atoms with Crippen LogP contribution in [0.5, 0.6) is 5.75 Å². The van der Waals surface area contributed by atoms with Crippen LogP contribution in [0.3, 0.4) is 0 Å². The van der Waals surface area contributed by atoms with Crippen LogP contribution in [0.2, 0.25) is 0 Å². The summed E-state index contributed by atoms with van der Waals surface area (Å²) in [5.74, 6) is 0.634. The molecule has 0 saturated carbocycles. The number of fused-ring (bicyclic) bond motifs is 1. The Morgan fingerprint density at radius 1 is 1.09 bits per heavy atom. The first-order chi connectivity index (χ1) is 15.4. The molecule has 164 valence electrons. The van der Waals surface area contributed by atoms with Gasteiger partial charge in [0.2, 0.25) is 5.91 Å². The lowest BCUT2D eigenvalue weighted by atomic mass is 10.1. The molecule has 0 unspecified atom stereocenters. The van der Waals surface area contributed by atoms with Gasteiger partial charge < -0.3 is 14.6 Å². The van der Waals surface area contributed by atoms with Crippen LogP contribution < -0.4 is 15.6 Å². The van der Waals surface area contributed by atoms with Gasteiger partial charge in [-0.25, -0.2) is 0 Å². The summed E-state index contributed by atoms with van der Waals surface area (Å²) in [6, 6.07) is 17.1. The number of carbonyl (C=O) groups excluding carboxylic acids is 1. The molecule has 0 bridgehead atoms. The van der Waals surface area contributed by atoms with Crippen molar-refractivity contribution in [1.29, 1.82) is 0 Å². The maximum Gasteiger partial charge on any atom is 0.277 e. The van der Waals surface area contributed by atoms with Crippen LogP contribution in [-0.4, -0.2) is 27.2 Å². The Labute approximate surface area is 186 Å². The Morgan fingerprint density at radius 3 is 2.50 bits per heavy atom. The molecule has 1 N–H and O–H groups in total. The van der Waals surface area contributed by atoms with E-state index in [-0.39, 0.29) is 17.9 Å². The summed E-state index contributed by atoms with van der Waals surface area (Å²) in [7, 11) is 3.52. The Morgan fingerprint density at radius 2 is 1.81 bits per heavy atom. The molecule has 0 atom stereocenters. The molecule has 0 aliphatic carbocycles. The second kappa shape index (κ2) is 8.70. The molecule has 0 saturated heterocycles. The molecule has 1 amide bonds. The Kier molecular flexibility index (Phi) is 5.81. The van der Waals surface area contributed by atoms with Gasteiger partial charge in [-0.1, -0.05) is 18.2 Å². The summed E-state index contributed by atoms with van der Waals surface area (Å²) < 4.78 is 8.57. The van der Waals surface area contributed by atoms with Crippen molar-refractivity contribution in [3.05, 3.63) is 81.8 Å². The van der Waals surface area contributed by atoms with E-state index in [0.29, 0.717) is 23.3 Å². The van der Waals surface area contributed by atoms with E-state index < -0.39 is 0 Å². The van der Waals surface area contributed by atoms with Crippen LogP contribution in [0.25, 0.3) is 16.9 Å². The maximum absolute atomic E-state index is 13.2. The van der Waals surface area contributed by atoms with Gasteiger partial charge in [0.05, 0.1) is 12.8 Å². The fourth-order valence-corrected chi connectivity index (χ4v) is 3.77. The van der Waals surface area contributed by atoms with Gasteiger partial charge in [-0.15, -0.1) is 0 Å². The lowest BCUT2D eigenvalue weighted by Crippen LogP contribution is -2.26. The highest BCUT2D eigenvalue weighted by atomic mass is 16.5. The normalized spacial score (nSPS) is 11.0. The number of hydrogen-bond donors (Lipinski definition) is 1. The Balaban J connectivity index is 1.61. The van der Waals surface area contributed by atoms with E-state index in [9.17, 15) is 9.59 Å².